The second-order valence-electron chi connectivity index (χ2n) is 5.92. The van der Waals surface area contributed by atoms with Gasteiger partial charge >= 0.3 is 5.97 Å². The predicted octanol–water partition coefficient (Wildman–Crippen LogP) is 2.41. The van der Waals surface area contributed by atoms with E-state index in [1.807, 2.05) is 0 Å². The first-order valence-electron chi connectivity index (χ1n) is 6.00. The van der Waals surface area contributed by atoms with Crippen LogP contribution in [0.25, 0.3) is 0 Å². The van der Waals surface area contributed by atoms with Crippen molar-refractivity contribution in [1.29, 1.82) is 0 Å². The molecule has 0 aromatic carbocycles. The molecule has 0 aromatic heterocycles. The number of esters is 1. The van der Waals surface area contributed by atoms with Crippen molar-refractivity contribution in [2.24, 2.45) is 10.8 Å². The SMILES string of the molecule is CC(=O)OCCC1(C[N+](=O)[O-])CCC(C)(C)C1. The molecule has 1 saturated carbocycles. The smallest absolute Gasteiger partial charge is 0.302 e. The topological polar surface area (TPSA) is 69.4 Å². The van der Waals surface area contributed by atoms with Gasteiger partial charge in [0.15, 0.2) is 0 Å². The van der Waals surface area contributed by atoms with E-state index in [1.54, 1.807) is 0 Å². The van der Waals surface area contributed by atoms with E-state index in [-0.39, 0.29) is 28.3 Å². The van der Waals surface area contributed by atoms with Gasteiger partial charge in [0.1, 0.15) is 0 Å². The lowest BCUT2D eigenvalue weighted by Crippen LogP contribution is -2.30. The number of carbonyl (C=O) groups is 1. The van der Waals surface area contributed by atoms with Crippen LogP contribution in [0, 0.1) is 20.9 Å². The van der Waals surface area contributed by atoms with Gasteiger partial charge in [-0.15, -0.1) is 0 Å². The number of rotatable bonds is 5. The molecule has 0 bridgehead atoms. The summed E-state index contributed by atoms with van der Waals surface area (Å²) in [6, 6.07) is 0. The number of hydrogen-bond acceptors (Lipinski definition) is 4. The van der Waals surface area contributed by atoms with Gasteiger partial charge in [0.2, 0.25) is 6.54 Å². The van der Waals surface area contributed by atoms with Gasteiger partial charge in [-0.3, -0.25) is 14.9 Å². The Hall–Kier alpha value is -1.13. The molecule has 0 radical (unpaired) electrons. The van der Waals surface area contributed by atoms with Crippen LogP contribution in [0.1, 0.15) is 46.5 Å². The molecule has 17 heavy (non-hydrogen) atoms. The van der Waals surface area contributed by atoms with Crippen LogP contribution < -0.4 is 0 Å². The van der Waals surface area contributed by atoms with Gasteiger partial charge in [0.05, 0.1) is 6.61 Å². The minimum Gasteiger partial charge on any atom is -0.466 e. The van der Waals surface area contributed by atoms with Gasteiger partial charge in [0, 0.05) is 17.3 Å². The molecule has 1 rings (SSSR count). The first kappa shape index (κ1) is 13.9. The van der Waals surface area contributed by atoms with E-state index < -0.39 is 0 Å². The summed E-state index contributed by atoms with van der Waals surface area (Å²) in [5, 5.41) is 10.8. The van der Waals surface area contributed by atoms with Crippen molar-refractivity contribution in [1.82, 2.24) is 0 Å². The van der Waals surface area contributed by atoms with Gasteiger partial charge in [-0.25, -0.2) is 0 Å². The molecule has 1 atom stereocenters. The van der Waals surface area contributed by atoms with E-state index in [1.165, 1.54) is 6.92 Å². The van der Waals surface area contributed by atoms with E-state index in [0.717, 1.165) is 19.3 Å². The summed E-state index contributed by atoms with van der Waals surface area (Å²) in [6.07, 6.45) is 3.28. The normalized spacial score (nSPS) is 26.8. The van der Waals surface area contributed by atoms with Crippen molar-refractivity contribution in [3.63, 3.8) is 0 Å². The molecule has 5 heteroatoms. The van der Waals surface area contributed by atoms with Crippen LogP contribution in [0.4, 0.5) is 0 Å². The summed E-state index contributed by atoms with van der Waals surface area (Å²) in [7, 11) is 0. The van der Waals surface area contributed by atoms with Crippen LogP contribution in [-0.4, -0.2) is 24.0 Å². The number of carbonyl (C=O) groups excluding carboxylic acids is 1. The second-order valence-corrected chi connectivity index (χ2v) is 5.92. The third kappa shape index (κ3) is 4.32. The van der Waals surface area contributed by atoms with Crippen molar-refractivity contribution in [3.05, 3.63) is 10.1 Å². The summed E-state index contributed by atoms with van der Waals surface area (Å²) in [5.74, 6) is -0.321. The van der Waals surface area contributed by atoms with Crippen LogP contribution >= 0.6 is 0 Å². The highest BCUT2D eigenvalue weighted by Crippen LogP contribution is 2.51. The zero-order valence-corrected chi connectivity index (χ0v) is 10.8. The highest BCUT2D eigenvalue weighted by Gasteiger charge is 2.46. The van der Waals surface area contributed by atoms with Gasteiger partial charge in [0.25, 0.3) is 0 Å². The molecule has 0 spiro atoms. The zero-order valence-electron chi connectivity index (χ0n) is 10.8. The molecule has 0 amide bonds. The fourth-order valence-corrected chi connectivity index (χ4v) is 2.91. The summed E-state index contributed by atoms with van der Waals surface area (Å²) < 4.78 is 4.92. The Kier molecular flexibility index (Phi) is 4.11. The quantitative estimate of drug-likeness (QED) is 0.422. The van der Waals surface area contributed by atoms with Crippen molar-refractivity contribution >= 4 is 5.97 Å². The van der Waals surface area contributed by atoms with Crippen molar-refractivity contribution < 1.29 is 14.5 Å². The molecule has 1 unspecified atom stereocenters. The lowest BCUT2D eigenvalue weighted by atomic mass is 9.79. The van der Waals surface area contributed by atoms with E-state index in [2.05, 4.69) is 13.8 Å². The van der Waals surface area contributed by atoms with Crippen molar-refractivity contribution in [2.75, 3.05) is 13.2 Å². The Morgan fingerprint density at radius 1 is 1.41 bits per heavy atom. The first-order valence-corrected chi connectivity index (χ1v) is 6.00. The van der Waals surface area contributed by atoms with Gasteiger partial charge in [-0.05, 0) is 31.1 Å². The Balaban J connectivity index is 2.61. The Bertz CT molecular complexity index is 314. The molecule has 0 aliphatic heterocycles. The minimum absolute atomic E-state index is 0.0162. The number of nitrogens with zero attached hydrogens (tertiary/aromatic N) is 1. The Morgan fingerprint density at radius 2 is 2.06 bits per heavy atom. The van der Waals surface area contributed by atoms with Crippen LogP contribution in [0.3, 0.4) is 0 Å². The van der Waals surface area contributed by atoms with Crippen LogP contribution in [0.15, 0.2) is 0 Å². The lowest BCUT2D eigenvalue weighted by molar-refractivity contribution is -0.498. The maximum Gasteiger partial charge on any atom is 0.302 e. The zero-order chi connectivity index (χ0) is 13.1. The minimum atomic E-state index is -0.321. The molecular weight excluding hydrogens is 222 g/mol. The van der Waals surface area contributed by atoms with Crippen LogP contribution in [0.5, 0.6) is 0 Å². The summed E-state index contributed by atoms with van der Waals surface area (Å²) in [5.41, 5.74) is -0.130. The Labute approximate surface area is 102 Å². The monoisotopic (exact) mass is 243 g/mol. The number of ether oxygens (including phenoxy) is 1. The van der Waals surface area contributed by atoms with Crippen LogP contribution in [-0.2, 0) is 9.53 Å². The summed E-state index contributed by atoms with van der Waals surface area (Å²) in [4.78, 5) is 21.2. The van der Waals surface area contributed by atoms with Crippen molar-refractivity contribution in [2.45, 2.75) is 46.5 Å². The molecule has 0 N–H and O–H groups in total. The summed E-state index contributed by atoms with van der Waals surface area (Å²) >= 11 is 0. The Morgan fingerprint density at radius 3 is 2.47 bits per heavy atom. The molecule has 1 aliphatic rings. The average Bonchev–Trinajstić information content (AvgIpc) is 2.40. The predicted molar refractivity (Wildman–Crippen MR) is 63.2 cm³/mol. The molecule has 1 aliphatic carbocycles. The molecule has 98 valence electrons. The largest absolute Gasteiger partial charge is 0.466 e. The average molecular weight is 243 g/mol. The third-order valence-corrected chi connectivity index (χ3v) is 3.59. The maximum absolute atomic E-state index is 10.8. The molecular formula is C12H21NO4. The standard InChI is InChI=1S/C12H21NO4/c1-10(14)17-7-6-12(9-13(15)16)5-4-11(2,3)8-12/h4-9H2,1-3H3. The van der Waals surface area contributed by atoms with Gasteiger partial charge in [-0.1, -0.05) is 13.8 Å². The lowest BCUT2D eigenvalue weighted by Gasteiger charge is -2.26. The molecule has 0 saturated heterocycles. The third-order valence-electron chi connectivity index (χ3n) is 3.59. The highest BCUT2D eigenvalue weighted by molar-refractivity contribution is 5.65. The van der Waals surface area contributed by atoms with E-state index in [0.29, 0.717) is 13.0 Å². The van der Waals surface area contributed by atoms with Crippen LogP contribution in [0.2, 0.25) is 0 Å². The number of hydrogen-bond donors (Lipinski definition) is 0. The first-order chi connectivity index (χ1) is 7.75. The second kappa shape index (κ2) is 5.02. The van der Waals surface area contributed by atoms with E-state index >= 15 is 0 Å². The fraction of sp³-hybridized carbons (Fsp3) is 0.917. The van der Waals surface area contributed by atoms with Gasteiger partial charge in [-0.2, -0.15) is 0 Å². The molecule has 0 heterocycles. The van der Waals surface area contributed by atoms with Crippen molar-refractivity contribution in [3.8, 4) is 0 Å². The fourth-order valence-electron chi connectivity index (χ4n) is 2.91. The van der Waals surface area contributed by atoms with E-state index in [4.69, 9.17) is 4.74 Å². The maximum atomic E-state index is 10.8. The summed E-state index contributed by atoms with van der Waals surface area (Å²) in [6.45, 7) is 5.91. The molecule has 1 fully saturated rings. The molecule has 0 aromatic rings. The highest BCUT2D eigenvalue weighted by atomic mass is 16.6. The number of nitro groups is 1. The van der Waals surface area contributed by atoms with Gasteiger partial charge < -0.3 is 4.74 Å². The van der Waals surface area contributed by atoms with E-state index in [9.17, 15) is 14.9 Å². The molecule has 5 nitrogen and oxygen atoms in total.